The monoisotopic (exact) mass is 250 g/mol. The summed E-state index contributed by atoms with van der Waals surface area (Å²) in [5, 5.41) is 3.51. The van der Waals surface area contributed by atoms with Crippen LogP contribution in [0.15, 0.2) is 24.3 Å². The van der Waals surface area contributed by atoms with E-state index >= 15 is 0 Å². The van der Waals surface area contributed by atoms with Crippen molar-refractivity contribution in [2.45, 2.75) is 32.2 Å². The third kappa shape index (κ3) is 4.07. The van der Waals surface area contributed by atoms with Crippen molar-refractivity contribution in [3.8, 4) is 0 Å². The standard InChI is InChI=1S/C15H23FN2/c1-2-17-15-7-10-18(11-8-15)9-6-13-4-3-5-14(16)12-13/h3-5,12,15,17H,2,6-11H2,1H3. The fourth-order valence-electron chi connectivity index (χ4n) is 2.63. The second-order valence-electron chi connectivity index (χ2n) is 5.05. The third-order valence-electron chi connectivity index (χ3n) is 3.69. The smallest absolute Gasteiger partial charge is 0.123 e. The first-order valence-corrected chi connectivity index (χ1v) is 6.98. The van der Waals surface area contributed by atoms with Gasteiger partial charge in [-0.1, -0.05) is 19.1 Å². The topological polar surface area (TPSA) is 15.3 Å². The fourth-order valence-corrected chi connectivity index (χ4v) is 2.63. The van der Waals surface area contributed by atoms with Gasteiger partial charge in [0.2, 0.25) is 0 Å². The zero-order valence-electron chi connectivity index (χ0n) is 11.2. The van der Waals surface area contributed by atoms with Crippen molar-refractivity contribution in [1.29, 1.82) is 0 Å². The van der Waals surface area contributed by atoms with Crippen molar-refractivity contribution in [3.05, 3.63) is 35.6 Å². The second-order valence-corrected chi connectivity index (χ2v) is 5.05. The maximum absolute atomic E-state index is 13.0. The molecule has 100 valence electrons. The van der Waals surface area contributed by atoms with Crippen LogP contribution in [-0.2, 0) is 6.42 Å². The lowest BCUT2D eigenvalue weighted by atomic mass is 10.0. The average Bonchev–Trinajstić information content (AvgIpc) is 2.38. The van der Waals surface area contributed by atoms with E-state index in [0.717, 1.165) is 38.2 Å². The first-order valence-electron chi connectivity index (χ1n) is 6.98. The number of rotatable bonds is 5. The molecular formula is C15H23FN2. The molecule has 18 heavy (non-hydrogen) atoms. The Kier molecular flexibility index (Phi) is 5.14. The Morgan fingerprint density at radius 1 is 1.33 bits per heavy atom. The Morgan fingerprint density at radius 3 is 2.78 bits per heavy atom. The van der Waals surface area contributed by atoms with E-state index in [4.69, 9.17) is 0 Å². The molecule has 1 aliphatic rings. The molecule has 1 aromatic carbocycles. The summed E-state index contributed by atoms with van der Waals surface area (Å²) in [4.78, 5) is 2.48. The van der Waals surface area contributed by atoms with Gasteiger partial charge in [0, 0.05) is 12.6 Å². The highest BCUT2D eigenvalue weighted by Crippen LogP contribution is 2.11. The number of piperidine rings is 1. The van der Waals surface area contributed by atoms with Crippen LogP contribution in [0.5, 0.6) is 0 Å². The van der Waals surface area contributed by atoms with Gasteiger partial charge in [-0.2, -0.15) is 0 Å². The van der Waals surface area contributed by atoms with Crippen LogP contribution in [0.4, 0.5) is 4.39 Å². The molecule has 0 amide bonds. The lowest BCUT2D eigenvalue weighted by Gasteiger charge is -2.32. The Balaban J connectivity index is 1.72. The summed E-state index contributed by atoms with van der Waals surface area (Å²) in [6.45, 7) is 6.59. The molecule has 0 radical (unpaired) electrons. The predicted octanol–water partition coefficient (Wildman–Crippen LogP) is 2.44. The second kappa shape index (κ2) is 6.86. The van der Waals surface area contributed by atoms with Crippen LogP contribution in [0.1, 0.15) is 25.3 Å². The van der Waals surface area contributed by atoms with Crippen LogP contribution in [0.3, 0.4) is 0 Å². The summed E-state index contributed by atoms with van der Waals surface area (Å²) in [5.74, 6) is -0.127. The number of hydrogen-bond donors (Lipinski definition) is 1. The number of nitrogens with zero attached hydrogens (tertiary/aromatic N) is 1. The van der Waals surface area contributed by atoms with E-state index in [2.05, 4.69) is 17.1 Å². The maximum Gasteiger partial charge on any atom is 0.123 e. The lowest BCUT2D eigenvalue weighted by Crippen LogP contribution is -2.43. The Hall–Kier alpha value is -0.930. The molecule has 0 bridgehead atoms. The number of nitrogens with one attached hydrogen (secondary N) is 1. The van der Waals surface area contributed by atoms with Gasteiger partial charge in [-0.3, -0.25) is 0 Å². The summed E-state index contributed by atoms with van der Waals surface area (Å²) in [6.07, 6.45) is 3.41. The van der Waals surface area contributed by atoms with Crippen LogP contribution in [-0.4, -0.2) is 37.1 Å². The highest BCUT2D eigenvalue weighted by Gasteiger charge is 2.17. The molecule has 1 heterocycles. The number of halogens is 1. The molecule has 0 aliphatic carbocycles. The summed E-state index contributed by atoms with van der Waals surface area (Å²) >= 11 is 0. The largest absolute Gasteiger partial charge is 0.314 e. The molecule has 0 saturated carbocycles. The Bertz CT molecular complexity index is 359. The third-order valence-corrected chi connectivity index (χ3v) is 3.69. The normalized spacial score (nSPS) is 18.1. The van der Waals surface area contributed by atoms with Crippen molar-refractivity contribution >= 4 is 0 Å². The predicted molar refractivity (Wildman–Crippen MR) is 73.2 cm³/mol. The van der Waals surface area contributed by atoms with Crippen LogP contribution in [0.2, 0.25) is 0 Å². The zero-order valence-corrected chi connectivity index (χ0v) is 11.2. The van der Waals surface area contributed by atoms with E-state index in [1.807, 2.05) is 6.07 Å². The molecule has 2 nitrogen and oxygen atoms in total. The van der Waals surface area contributed by atoms with E-state index in [9.17, 15) is 4.39 Å². The first-order chi connectivity index (χ1) is 8.78. The number of likely N-dealkylation sites (tertiary alicyclic amines) is 1. The molecule has 1 N–H and O–H groups in total. The fraction of sp³-hybridized carbons (Fsp3) is 0.600. The molecule has 3 heteroatoms. The summed E-state index contributed by atoms with van der Waals surface area (Å²) < 4.78 is 13.0. The Morgan fingerprint density at radius 2 is 2.11 bits per heavy atom. The van der Waals surface area contributed by atoms with Crippen molar-refractivity contribution in [1.82, 2.24) is 10.2 Å². The molecule has 0 unspecified atom stereocenters. The van der Waals surface area contributed by atoms with Crippen LogP contribution >= 0.6 is 0 Å². The maximum atomic E-state index is 13.0. The van der Waals surface area contributed by atoms with Crippen LogP contribution in [0, 0.1) is 5.82 Å². The van der Waals surface area contributed by atoms with Gasteiger partial charge in [0.05, 0.1) is 0 Å². The van der Waals surface area contributed by atoms with Gasteiger partial charge in [0.25, 0.3) is 0 Å². The van der Waals surface area contributed by atoms with Crippen molar-refractivity contribution < 1.29 is 4.39 Å². The summed E-state index contributed by atoms with van der Waals surface area (Å²) in [7, 11) is 0. The Labute approximate surface area is 109 Å². The van der Waals surface area contributed by atoms with Gasteiger partial charge in [0.15, 0.2) is 0 Å². The van der Waals surface area contributed by atoms with Gasteiger partial charge >= 0.3 is 0 Å². The lowest BCUT2D eigenvalue weighted by molar-refractivity contribution is 0.201. The van der Waals surface area contributed by atoms with E-state index in [1.165, 1.54) is 18.9 Å². The van der Waals surface area contributed by atoms with Gasteiger partial charge < -0.3 is 10.2 Å². The van der Waals surface area contributed by atoms with E-state index in [1.54, 1.807) is 12.1 Å². The highest BCUT2D eigenvalue weighted by molar-refractivity contribution is 5.16. The minimum Gasteiger partial charge on any atom is -0.314 e. The highest BCUT2D eigenvalue weighted by atomic mass is 19.1. The van der Waals surface area contributed by atoms with Gasteiger partial charge in [0.1, 0.15) is 5.82 Å². The molecule has 0 spiro atoms. The molecule has 1 saturated heterocycles. The van der Waals surface area contributed by atoms with Crippen molar-refractivity contribution in [2.75, 3.05) is 26.2 Å². The quantitative estimate of drug-likeness (QED) is 0.863. The molecule has 1 aliphatic heterocycles. The van der Waals surface area contributed by atoms with Crippen LogP contribution in [0.25, 0.3) is 0 Å². The minimum atomic E-state index is -0.127. The molecule has 1 fully saturated rings. The van der Waals surface area contributed by atoms with Crippen molar-refractivity contribution in [3.63, 3.8) is 0 Å². The van der Waals surface area contributed by atoms with Gasteiger partial charge in [-0.15, -0.1) is 0 Å². The van der Waals surface area contributed by atoms with E-state index in [-0.39, 0.29) is 5.82 Å². The van der Waals surface area contributed by atoms with Gasteiger partial charge in [-0.25, -0.2) is 4.39 Å². The van der Waals surface area contributed by atoms with Crippen LogP contribution < -0.4 is 5.32 Å². The first kappa shape index (κ1) is 13.5. The summed E-state index contributed by atoms with van der Waals surface area (Å²) in [5.41, 5.74) is 1.10. The molecule has 2 rings (SSSR count). The van der Waals surface area contributed by atoms with E-state index < -0.39 is 0 Å². The number of hydrogen-bond acceptors (Lipinski definition) is 2. The van der Waals surface area contributed by atoms with E-state index in [0.29, 0.717) is 6.04 Å². The van der Waals surface area contributed by atoms with Crippen molar-refractivity contribution in [2.24, 2.45) is 0 Å². The summed E-state index contributed by atoms with van der Waals surface area (Å²) in [6, 6.07) is 7.65. The molecule has 0 atom stereocenters. The van der Waals surface area contributed by atoms with Gasteiger partial charge in [-0.05, 0) is 56.6 Å². The molecule has 0 aromatic heterocycles. The minimum absolute atomic E-state index is 0.127. The molecule has 1 aromatic rings. The number of benzene rings is 1. The average molecular weight is 250 g/mol. The zero-order chi connectivity index (χ0) is 12.8. The molecular weight excluding hydrogens is 227 g/mol. The SMILES string of the molecule is CCNC1CCN(CCc2cccc(F)c2)CC1.